The van der Waals surface area contributed by atoms with Gasteiger partial charge in [-0.15, -0.1) is 24.0 Å². The molecule has 0 bridgehead atoms. The van der Waals surface area contributed by atoms with E-state index in [4.69, 9.17) is 0 Å². The largest absolute Gasteiger partial charge is 0.356 e. The zero-order valence-corrected chi connectivity index (χ0v) is 19.4. The van der Waals surface area contributed by atoms with Crippen molar-refractivity contribution in [2.75, 3.05) is 32.4 Å². The van der Waals surface area contributed by atoms with Crippen LogP contribution in [0.25, 0.3) is 5.65 Å². The Morgan fingerprint density at radius 1 is 1.41 bits per heavy atom. The maximum atomic E-state index is 12.2. The smallest absolute Gasteiger partial charge is 0.193 e. The standard InChI is InChI=1S/C18H27N5O2S.HI/c1-14-6-5-9-22-12-15(21-16(14)22)7-8-20-17(19-4)23-10-11-26(24,25)18(2,3)13-23;/h5-6,9,12H,7-8,10-11,13H2,1-4H3,(H,19,20);1H. The molecule has 3 rings (SSSR count). The van der Waals surface area contributed by atoms with E-state index in [-0.39, 0.29) is 29.7 Å². The van der Waals surface area contributed by atoms with Crippen molar-refractivity contribution in [1.29, 1.82) is 0 Å². The SMILES string of the molecule is CN=C(NCCc1cn2cccc(C)c2n1)N1CCS(=O)(=O)C(C)(C)C1.I. The number of guanidine groups is 1. The first-order chi connectivity index (χ1) is 12.2. The monoisotopic (exact) mass is 505 g/mol. The van der Waals surface area contributed by atoms with Crippen molar-refractivity contribution in [3.63, 3.8) is 0 Å². The Morgan fingerprint density at radius 3 is 2.78 bits per heavy atom. The van der Waals surface area contributed by atoms with Gasteiger partial charge in [0.15, 0.2) is 15.8 Å². The number of hydrogen-bond donors (Lipinski definition) is 1. The Hall–Kier alpha value is -1.36. The highest BCUT2D eigenvalue weighted by Gasteiger charge is 2.40. The molecule has 0 saturated carbocycles. The molecular formula is C18H28IN5O2S. The number of nitrogens with one attached hydrogen (secondary N) is 1. The fraction of sp³-hybridized carbons (Fsp3) is 0.556. The van der Waals surface area contributed by atoms with Crippen LogP contribution in [0.15, 0.2) is 29.5 Å². The molecule has 9 heteroatoms. The highest BCUT2D eigenvalue weighted by Crippen LogP contribution is 2.23. The predicted octanol–water partition coefficient (Wildman–Crippen LogP) is 1.89. The van der Waals surface area contributed by atoms with Crippen molar-refractivity contribution in [2.24, 2.45) is 4.99 Å². The van der Waals surface area contributed by atoms with Gasteiger partial charge in [0.25, 0.3) is 0 Å². The Bertz CT molecular complexity index is 936. The van der Waals surface area contributed by atoms with E-state index in [1.54, 1.807) is 20.9 Å². The van der Waals surface area contributed by atoms with Gasteiger partial charge < -0.3 is 14.6 Å². The van der Waals surface area contributed by atoms with E-state index in [2.05, 4.69) is 28.3 Å². The summed E-state index contributed by atoms with van der Waals surface area (Å²) < 4.78 is 25.6. The highest BCUT2D eigenvalue weighted by molar-refractivity contribution is 14.0. The number of aryl methyl sites for hydroxylation is 1. The van der Waals surface area contributed by atoms with E-state index < -0.39 is 14.6 Å². The lowest BCUT2D eigenvalue weighted by molar-refractivity contribution is 0.353. The molecule has 0 atom stereocenters. The molecule has 0 aliphatic carbocycles. The number of sulfone groups is 1. The average Bonchev–Trinajstić information content (AvgIpc) is 2.99. The van der Waals surface area contributed by atoms with Gasteiger partial charge in [0, 0.05) is 45.5 Å². The summed E-state index contributed by atoms with van der Waals surface area (Å²) >= 11 is 0. The minimum Gasteiger partial charge on any atom is -0.356 e. The minimum absolute atomic E-state index is 0. The molecule has 1 saturated heterocycles. The van der Waals surface area contributed by atoms with Crippen molar-refractivity contribution in [3.05, 3.63) is 35.8 Å². The van der Waals surface area contributed by atoms with E-state index in [1.807, 2.05) is 27.8 Å². The Morgan fingerprint density at radius 2 is 2.15 bits per heavy atom. The molecular weight excluding hydrogens is 477 g/mol. The van der Waals surface area contributed by atoms with Crippen LogP contribution in [0.4, 0.5) is 0 Å². The van der Waals surface area contributed by atoms with E-state index in [0.717, 1.165) is 29.3 Å². The zero-order chi connectivity index (χ0) is 18.9. The second-order valence-electron chi connectivity index (χ2n) is 7.38. The molecule has 0 spiro atoms. The Balaban J connectivity index is 0.00000261. The summed E-state index contributed by atoms with van der Waals surface area (Å²) in [7, 11) is -1.33. The van der Waals surface area contributed by atoms with Crippen LogP contribution in [0.2, 0.25) is 0 Å². The van der Waals surface area contributed by atoms with Crippen LogP contribution in [-0.4, -0.2) is 65.8 Å². The van der Waals surface area contributed by atoms with Crippen LogP contribution >= 0.6 is 24.0 Å². The van der Waals surface area contributed by atoms with Crippen LogP contribution < -0.4 is 5.32 Å². The van der Waals surface area contributed by atoms with Crippen LogP contribution in [0.1, 0.15) is 25.1 Å². The number of aromatic nitrogens is 2. The molecule has 1 aliphatic rings. The average molecular weight is 505 g/mol. The van der Waals surface area contributed by atoms with Crippen LogP contribution in [-0.2, 0) is 16.3 Å². The van der Waals surface area contributed by atoms with Crippen molar-refractivity contribution in [3.8, 4) is 0 Å². The number of fused-ring (bicyclic) bond motifs is 1. The van der Waals surface area contributed by atoms with Gasteiger partial charge in [-0.3, -0.25) is 4.99 Å². The number of imidazole rings is 1. The molecule has 1 fully saturated rings. The number of nitrogens with zero attached hydrogens (tertiary/aromatic N) is 4. The topological polar surface area (TPSA) is 79.1 Å². The molecule has 150 valence electrons. The lowest BCUT2D eigenvalue weighted by Gasteiger charge is -2.39. The molecule has 27 heavy (non-hydrogen) atoms. The molecule has 0 amide bonds. The van der Waals surface area contributed by atoms with Crippen molar-refractivity contribution in [2.45, 2.75) is 31.9 Å². The zero-order valence-electron chi connectivity index (χ0n) is 16.3. The fourth-order valence-electron chi connectivity index (χ4n) is 3.28. The summed E-state index contributed by atoms with van der Waals surface area (Å²) in [6.45, 7) is 7.22. The molecule has 0 aromatic carbocycles. The maximum absolute atomic E-state index is 12.2. The third-order valence-corrected chi connectivity index (χ3v) is 7.48. The third kappa shape index (κ3) is 4.56. The highest BCUT2D eigenvalue weighted by atomic mass is 127. The number of hydrogen-bond acceptors (Lipinski definition) is 4. The van der Waals surface area contributed by atoms with Crippen LogP contribution in [0, 0.1) is 6.92 Å². The number of halogens is 1. The van der Waals surface area contributed by atoms with Gasteiger partial charge in [-0.05, 0) is 32.4 Å². The molecule has 2 aromatic heterocycles. The number of aliphatic imine (C=N–C) groups is 1. The van der Waals surface area contributed by atoms with Gasteiger partial charge in [0.1, 0.15) is 5.65 Å². The fourth-order valence-corrected chi connectivity index (χ4v) is 4.65. The molecule has 1 N–H and O–H groups in total. The lowest BCUT2D eigenvalue weighted by Crippen LogP contribution is -2.57. The van der Waals surface area contributed by atoms with Gasteiger partial charge in [0.2, 0.25) is 0 Å². The summed E-state index contributed by atoms with van der Waals surface area (Å²) in [5.74, 6) is 0.903. The molecule has 7 nitrogen and oxygen atoms in total. The van der Waals surface area contributed by atoms with Crippen molar-refractivity contribution >= 4 is 45.4 Å². The van der Waals surface area contributed by atoms with Crippen molar-refractivity contribution < 1.29 is 8.42 Å². The summed E-state index contributed by atoms with van der Waals surface area (Å²) in [5.41, 5.74) is 3.15. The van der Waals surface area contributed by atoms with Gasteiger partial charge in [-0.25, -0.2) is 13.4 Å². The van der Waals surface area contributed by atoms with E-state index >= 15 is 0 Å². The summed E-state index contributed by atoms with van der Waals surface area (Å²) in [6.07, 6.45) is 4.82. The first-order valence-electron chi connectivity index (χ1n) is 8.84. The van der Waals surface area contributed by atoms with E-state index in [9.17, 15) is 8.42 Å². The van der Waals surface area contributed by atoms with Crippen LogP contribution in [0.5, 0.6) is 0 Å². The van der Waals surface area contributed by atoms with Crippen LogP contribution in [0.3, 0.4) is 0 Å². The summed E-state index contributed by atoms with van der Waals surface area (Å²) in [6, 6.07) is 4.07. The molecule has 0 unspecified atom stereocenters. The molecule has 3 heterocycles. The Kier molecular flexibility index (Phi) is 6.77. The number of rotatable bonds is 3. The molecule has 0 radical (unpaired) electrons. The molecule has 1 aliphatic heterocycles. The van der Waals surface area contributed by atoms with E-state index in [0.29, 0.717) is 19.6 Å². The summed E-state index contributed by atoms with van der Waals surface area (Å²) in [5, 5.41) is 3.34. The van der Waals surface area contributed by atoms with Gasteiger partial charge >= 0.3 is 0 Å². The van der Waals surface area contributed by atoms with Crippen molar-refractivity contribution in [1.82, 2.24) is 19.6 Å². The second-order valence-corrected chi connectivity index (χ2v) is 10.1. The predicted molar refractivity (Wildman–Crippen MR) is 120 cm³/mol. The first kappa shape index (κ1) is 21.9. The normalized spacial score (nSPS) is 19.0. The Labute approximate surface area is 178 Å². The maximum Gasteiger partial charge on any atom is 0.193 e. The quantitative estimate of drug-likeness (QED) is 0.392. The third-order valence-electron chi connectivity index (χ3n) is 4.95. The number of pyridine rings is 1. The first-order valence-corrected chi connectivity index (χ1v) is 10.5. The van der Waals surface area contributed by atoms with Gasteiger partial charge in [-0.2, -0.15) is 0 Å². The molecule has 2 aromatic rings. The summed E-state index contributed by atoms with van der Waals surface area (Å²) in [4.78, 5) is 11.0. The van der Waals surface area contributed by atoms with E-state index in [1.165, 1.54) is 0 Å². The van der Waals surface area contributed by atoms with Gasteiger partial charge in [0.05, 0.1) is 16.2 Å². The second kappa shape index (κ2) is 8.34. The lowest BCUT2D eigenvalue weighted by atomic mass is 10.2. The minimum atomic E-state index is -3.06. The van der Waals surface area contributed by atoms with Gasteiger partial charge in [-0.1, -0.05) is 6.07 Å².